The van der Waals surface area contributed by atoms with Crippen molar-refractivity contribution in [3.05, 3.63) is 18.2 Å². The van der Waals surface area contributed by atoms with Crippen molar-refractivity contribution in [3.63, 3.8) is 0 Å². The first kappa shape index (κ1) is 11.6. The van der Waals surface area contributed by atoms with Crippen molar-refractivity contribution in [1.82, 2.24) is 9.55 Å². The number of alkyl halides is 1. The van der Waals surface area contributed by atoms with Crippen LogP contribution in [0.4, 0.5) is 0 Å². The third-order valence-corrected chi connectivity index (χ3v) is 2.61. The molecular formula is C11H19ClN2. The molecule has 3 heteroatoms. The second-order valence-corrected chi connectivity index (χ2v) is 5.15. The van der Waals surface area contributed by atoms with Crippen molar-refractivity contribution < 1.29 is 0 Å². The molecular weight excluding hydrogens is 196 g/mol. The van der Waals surface area contributed by atoms with Gasteiger partial charge in [0, 0.05) is 29.7 Å². The Bertz CT molecular complexity index is 289. The summed E-state index contributed by atoms with van der Waals surface area (Å²) in [7, 11) is 0. The minimum Gasteiger partial charge on any atom is -0.335 e. The maximum absolute atomic E-state index is 6.04. The zero-order chi connectivity index (χ0) is 10.8. The molecule has 0 amide bonds. The number of nitrogens with zero attached hydrogens (tertiary/aromatic N) is 2. The van der Waals surface area contributed by atoms with Gasteiger partial charge in [0.05, 0.1) is 0 Å². The summed E-state index contributed by atoms with van der Waals surface area (Å²) in [6, 6.07) is 0. The molecule has 80 valence electrons. The van der Waals surface area contributed by atoms with Gasteiger partial charge in [-0.25, -0.2) is 4.98 Å². The minimum atomic E-state index is 0.0562. The van der Waals surface area contributed by atoms with Gasteiger partial charge in [-0.15, -0.1) is 11.6 Å². The predicted octanol–water partition coefficient (Wildman–Crippen LogP) is 3.20. The van der Waals surface area contributed by atoms with Crippen molar-refractivity contribution >= 4 is 11.6 Å². The Morgan fingerprint density at radius 2 is 2.21 bits per heavy atom. The molecule has 0 aliphatic rings. The van der Waals surface area contributed by atoms with E-state index >= 15 is 0 Å². The lowest BCUT2D eigenvalue weighted by molar-refractivity contribution is 0.426. The van der Waals surface area contributed by atoms with Gasteiger partial charge in [0.25, 0.3) is 0 Å². The van der Waals surface area contributed by atoms with E-state index in [1.807, 2.05) is 19.3 Å². The quantitative estimate of drug-likeness (QED) is 0.704. The van der Waals surface area contributed by atoms with Crippen LogP contribution in [0.1, 0.15) is 39.9 Å². The van der Waals surface area contributed by atoms with E-state index in [4.69, 9.17) is 11.6 Å². The van der Waals surface area contributed by atoms with Crippen molar-refractivity contribution in [2.24, 2.45) is 0 Å². The number of imidazole rings is 1. The number of hydrogen-bond acceptors (Lipinski definition) is 1. The Morgan fingerprint density at radius 3 is 2.71 bits per heavy atom. The van der Waals surface area contributed by atoms with E-state index in [1.54, 1.807) is 0 Å². The molecule has 0 radical (unpaired) electrons. The van der Waals surface area contributed by atoms with E-state index in [2.05, 4.69) is 30.3 Å². The topological polar surface area (TPSA) is 17.8 Å². The molecule has 1 aromatic rings. The van der Waals surface area contributed by atoms with Gasteiger partial charge in [-0.2, -0.15) is 0 Å². The van der Waals surface area contributed by atoms with E-state index in [0.29, 0.717) is 0 Å². The summed E-state index contributed by atoms with van der Waals surface area (Å²) < 4.78 is 2.18. The van der Waals surface area contributed by atoms with Crippen molar-refractivity contribution in [2.45, 2.75) is 51.5 Å². The fraction of sp³-hybridized carbons (Fsp3) is 0.727. The second kappa shape index (κ2) is 4.35. The van der Waals surface area contributed by atoms with E-state index in [0.717, 1.165) is 18.8 Å². The summed E-state index contributed by atoms with van der Waals surface area (Å²) in [5.41, 5.74) is 0.0562. The van der Waals surface area contributed by atoms with Crippen LogP contribution in [0.25, 0.3) is 0 Å². The minimum absolute atomic E-state index is 0.0562. The SMILES string of the molecule is CCn1ccnc1C(C)(C)CC(C)Cl. The lowest BCUT2D eigenvalue weighted by atomic mass is 9.87. The van der Waals surface area contributed by atoms with Crippen LogP contribution >= 0.6 is 11.6 Å². The van der Waals surface area contributed by atoms with Crippen LogP contribution in [0, 0.1) is 0 Å². The van der Waals surface area contributed by atoms with Gasteiger partial charge in [-0.3, -0.25) is 0 Å². The van der Waals surface area contributed by atoms with Gasteiger partial charge >= 0.3 is 0 Å². The van der Waals surface area contributed by atoms with Crippen LogP contribution < -0.4 is 0 Å². The van der Waals surface area contributed by atoms with E-state index in [9.17, 15) is 0 Å². The van der Waals surface area contributed by atoms with Gasteiger partial charge in [0.1, 0.15) is 5.82 Å². The molecule has 0 aliphatic heterocycles. The summed E-state index contributed by atoms with van der Waals surface area (Å²) in [5.74, 6) is 1.13. The predicted molar refractivity (Wildman–Crippen MR) is 60.9 cm³/mol. The normalized spacial score (nSPS) is 14.4. The molecule has 1 heterocycles. The summed E-state index contributed by atoms with van der Waals surface area (Å²) in [4.78, 5) is 4.42. The number of aromatic nitrogens is 2. The molecule has 1 atom stereocenters. The lowest BCUT2D eigenvalue weighted by Gasteiger charge is -2.25. The fourth-order valence-electron chi connectivity index (χ4n) is 1.94. The van der Waals surface area contributed by atoms with Crippen LogP contribution in [0.15, 0.2) is 12.4 Å². The van der Waals surface area contributed by atoms with Gasteiger partial charge < -0.3 is 4.57 Å². The number of aryl methyl sites for hydroxylation is 1. The maximum atomic E-state index is 6.04. The van der Waals surface area contributed by atoms with Crippen LogP contribution in [-0.4, -0.2) is 14.9 Å². The highest BCUT2D eigenvalue weighted by molar-refractivity contribution is 6.20. The highest BCUT2D eigenvalue weighted by Gasteiger charge is 2.26. The average Bonchev–Trinajstić information content (AvgIpc) is 2.48. The monoisotopic (exact) mass is 214 g/mol. The molecule has 2 nitrogen and oxygen atoms in total. The second-order valence-electron chi connectivity index (χ2n) is 4.41. The summed E-state index contributed by atoms with van der Waals surface area (Å²) >= 11 is 6.04. The molecule has 1 rings (SSSR count). The first-order chi connectivity index (χ1) is 6.47. The van der Waals surface area contributed by atoms with Crippen LogP contribution in [-0.2, 0) is 12.0 Å². The molecule has 0 saturated heterocycles. The Kier molecular flexibility index (Phi) is 3.59. The average molecular weight is 215 g/mol. The van der Waals surface area contributed by atoms with Crippen LogP contribution in [0.5, 0.6) is 0 Å². The summed E-state index contributed by atoms with van der Waals surface area (Å²) in [5, 5.41) is 0.187. The molecule has 0 bridgehead atoms. The highest BCUT2D eigenvalue weighted by atomic mass is 35.5. The molecule has 0 spiro atoms. The first-order valence-corrected chi connectivity index (χ1v) is 5.56. The molecule has 0 fully saturated rings. The standard InChI is InChI=1S/C11H19ClN2/c1-5-14-7-6-13-10(14)11(3,4)8-9(2)12/h6-7,9H,5,8H2,1-4H3. The van der Waals surface area contributed by atoms with Crippen LogP contribution in [0.2, 0.25) is 0 Å². The highest BCUT2D eigenvalue weighted by Crippen LogP contribution is 2.28. The van der Waals surface area contributed by atoms with E-state index in [-0.39, 0.29) is 10.8 Å². The molecule has 1 unspecified atom stereocenters. The van der Waals surface area contributed by atoms with E-state index in [1.165, 1.54) is 0 Å². The Morgan fingerprint density at radius 1 is 1.57 bits per heavy atom. The zero-order valence-corrected chi connectivity index (χ0v) is 10.2. The molecule has 0 aliphatic carbocycles. The van der Waals surface area contributed by atoms with Gasteiger partial charge in [-0.1, -0.05) is 13.8 Å². The number of hydrogen-bond donors (Lipinski definition) is 0. The van der Waals surface area contributed by atoms with Gasteiger partial charge in [0.15, 0.2) is 0 Å². The summed E-state index contributed by atoms with van der Waals surface area (Å²) in [6.07, 6.45) is 4.83. The third-order valence-electron chi connectivity index (χ3n) is 2.45. The number of halogens is 1. The van der Waals surface area contributed by atoms with Crippen molar-refractivity contribution in [1.29, 1.82) is 0 Å². The van der Waals surface area contributed by atoms with Crippen molar-refractivity contribution in [3.8, 4) is 0 Å². The van der Waals surface area contributed by atoms with Crippen LogP contribution in [0.3, 0.4) is 0 Å². The molecule has 14 heavy (non-hydrogen) atoms. The third kappa shape index (κ3) is 2.50. The van der Waals surface area contributed by atoms with E-state index < -0.39 is 0 Å². The van der Waals surface area contributed by atoms with Gasteiger partial charge in [0.2, 0.25) is 0 Å². The smallest absolute Gasteiger partial charge is 0.114 e. The molecule has 0 N–H and O–H groups in total. The Balaban J connectivity index is 2.90. The maximum Gasteiger partial charge on any atom is 0.114 e. The number of rotatable bonds is 4. The Labute approximate surface area is 91.3 Å². The molecule has 1 aromatic heterocycles. The van der Waals surface area contributed by atoms with Gasteiger partial charge in [-0.05, 0) is 20.3 Å². The lowest BCUT2D eigenvalue weighted by Crippen LogP contribution is -2.25. The molecule has 0 aromatic carbocycles. The summed E-state index contributed by atoms with van der Waals surface area (Å²) in [6.45, 7) is 9.52. The fourth-order valence-corrected chi connectivity index (χ4v) is 2.33. The first-order valence-electron chi connectivity index (χ1n) is 5.13. The largest absolute Gasteiger partial charge is 0.335 e. The Hall–Kier alpha value is -0.500. The zero-order valence-electron chi connectivity index (χ0n) is 9.42. The van der Waals surface area contributed by atoms with Crippen molar-refractivity contribution in [2.75, 3.05) is 0 Å². The molecule has 0 saturated carbocycles.